The maximum absolute atomic E-state index is 13.3. The van der Waals surface area contributed by atoms with Gasteiger partial charge in [-0.25, -0.2) is 4.39 Å². The van der Waals surface area contributed by atoms with Crippen molar-refractivity contribution in [3.05, 3.63) is 77.2 Å². The van der Waals surface area contributed by atoms with Crippen LogP contribution in [-0.4, -0.2) is 25.5 Å². The molecule has 0 fully saturated rings. The highest BCUT2D eigenvalue weighted by molar-refractivity contribution is 7.53. The second kappa shape index (κ2) is 8.82. The molecule has 0 aliphatic rings. The average molecular weight is 457 g/mol. The SMILES string of the molecule is Cc1nn(C)c(-c2ccc(F)cc2)c1C=CC(=O)Nc1ccc(C(C)(C)P(=O)(O)O)cc1. The van der Waals surface area contributed by atoms with E-state index < -0.39 is 12.8 Å². The lowest BCUT2D eigenvalue weighted by atomic mass is 10.0. The number of aryl methyl sites for hydroxylation is 2. The lowest BCUT2D eigenvalue weighted by molar-refractivity contribution is -0.111. The highest BCUT2D eigenvalue weighted by Crippen LogP contribution is 2.56. The first-order chi connectivity index (χ1) is 14.9. The van der Waals surface area contributed by atoms with Gasteiger partial charge in [-0.1, -0.05) is 12.1 Å². The normalized spacial score (nSPS) is 12.3. The summed E-state index contributed by atoms with van der Waals surface area (Å²) in [6.07, 6.45) is 3.03. The van der Waals surface area contributed by atoms with Crippen LogP contribution in [0.2, 0.25) is 0 Å². The molecule has 0 saturated heterocycles. The zero-order valence-electron chi connectivity index (χ0n) is 18.2. The number of carbonyl (C=O) groups is 1. The maximum atomic E-state index is 13.3. The molecule has 9 heteroatoms. The molecule has 2 aromatic carbocycles. The van der Waals surface area contributed by atoms with Crippen LogP contribution in [0.3, 0.4) is 0 Å². The molecule has 0 spiro atoms. The molecular formula is C23H25FN3O4P. The average Bonchev–Trinajstić information content (AvgIpc) is 2.99. The molecule has 0 unspecified atom stereocenters. The molecule has 7 nitrogen and oxygen atoms in total. The molecule has 1 heterocycles. The van der Waals surface area contributed by atoms with Gasteiger partial charge in [0.2, 0.25) is 5.91 Å². The molecule has 0 saturated carbocycles. The molecule has 3 rings (SSSR count). The van der Waals surface area contributed by atoms with E-state index in [-0.39, 0.29) is 11.7 Å². The summed E-state index contributed by atoms with van der Waals surface area (Å²) < 4.78 is 26.7. The number of halogens is 1. The van der Waals surface area contributed by atoms with Gasteiger partial charge in [0.1, 0.15) is 5.82 Å². The van der Waals surface area contributed by atoms with E-state index in [1.54, 1.807) is 54.2 Å². The molecule has 3 N–H and O–H groups in total. The van der Waals surface area contributed by atoms with Gasteiger partial charge < -0.3 is 15.1 Å². The Hall–Kier alpha value is -3.06. The predicted octanol–water partition coefficient (Wildman–Crippen LogP) is 4.60. The summed E-state index contributed by atoms with van der Waals surface area (Å²) in [6, 6.07) is 12.4. The molecule has 0 radical (unpaired) electrons. The Labute approximate surface area is 185 Å². The highest BCUT2D eigenvalue weighted by atomic mass is 31.2. The lowest BCUT2D eigenvalue weighted by Gasteiger charge is -2.26. The first kappa shape index (κ1) is 23.6. The molecule has 0 atom stereocenters. The minimum absolute atomic E-state index is 0.334. The topological polar surface area (TPSA) is 104 Å². The van der Waals surface area contributed by atoms with Crippen molar-refractivity contribution in [1.82, 2.24) is 9.78 Å². The fraction of sp³-hybridized carbons (Fsp3) is 0.217. The number of nitrogens with one attached hydrogen (secondary N) is 1. The van der Waals surface area contributed by atoms with Crippen LogP contribution < -0.4 is 5.32 Å². The van der Waals surface area contributed by atoms with Gasteiger partial charge in [0.05, 0.1) is 16.5 Å². The number of nitrogens with zero attached hydrogens (tertiary/aromatic N) is 2. The van der Waals surface area contributed by atoms with Crippen molar-refractivity contribution in [3.8, 4) is 11.3 Å². The van der Waals surface area contributed by atoms with Crippen LogP contribution in [0.15, 0.2) is 54.6 Å². The van der Waals surface area contributed by atoms with Gasteiger partial charge in [-0.15, -0.1) is 0 Å². The Morgan fingerprint density at radius 2 is 1.72 bits per heavy atom. The number of hydrogen-bond donors (Lipinski definition) is 3. The first-order valence-corrected chi connectivity index (χ1v) is 11.5. The molecule has 168 valence electrons. The summed E-state index contributed by atoms with van der Waals surface area (Å²) in [5.41, 5.74) is 3.96. The van der Waals surface area contributed by atoms with E-state index in [4.69, 9.17) is 0 Å². The number of aromatic nitrogens is 2. The summed E-state index contributed by atoms with van der Waals surface area (Å²) in [6.45, 7) is 4.77. The van der Waals surface area contributed by atoms with Gasteiger partial charge in [0.25, 0.3) is 0 Å². The summed E-state index contributed by atoms with van der Waals surface area (Å²) in [4.78, 5) is 31.5. The summed E-state index contributed by atoms with van der Waals surface area (Å²) in [5.74, 6) is -0.709. The quantitative estimate of drug-likeness (QED) is 0.371. The third-order valence-corrected chi connectivity index (χ3v) is 7.09. The fourth-order valence-corrected chi connectivity index (χ4v) is 3.78. The van der Waals surface area contributed by atoms with E-state index in [0.717, 1.165) is 22.5 Å². The molecule has 1 amide bonds. The van der Waals surface area contributed by atoms with E-state index in [2.05, 4.69) is 10.4 Å². The Morgan fingerprint density at radius 1 is 1.12 bits per heavy atom. The minimum atomic E-state index is -4.34. The molecule has 1 aromatic heterocycles. The highest BCUT2D eigenvalue weighted by Gasteiger charge is 2.39. The van der Waals surface area contributed by atoms with Crippen molar-refractivity contribution >= 4 is 25.3 Å². The number of carbonyl (C=O) groups excluding carboxylic acids is 1. The molecule has 32 heavy (non-hydrogen) atoms. The summed E-state index contributed by atoms with van der Waals surface area (Å²) in [7, 11) is -2.56. The smallest absolute Gasteiger partial charge is 0.324 e. The number of benzene rings is 2. The second-order valence-corrected chi connectivity index (χ2v) is 10.2. The zero-order chi connectivity index (χ0) is 23.7. The van der Waals surface area contributed by atoms with Crippen LogP contribution in [0.5, 0.6) is 0 Å². The zero-order valence-corrected chi connectivity index (χ0v) is 19.1. The minimum Gasteiger partial charge on any atom is -0.324 e. The Morgan fingerprint density at radius 3 is 2.28 bits per heavy atom. The third kappa shape index (κ3) is 4.88. The Kier molecular flexibility index (Phi) is 6.51. The largest absolute Gasteiger partial charge is 0.335 e. The number of rotatable bonds is 6. The van der Waals surface area contributed by atoms with E-state index >= 15 is 0 Å². The van der Waals surface area contributed by atoms with Gasteiger partial charge in [-0.05, 0) is 68.8 Å². The number of anilines is 1. The molecule has 0 aliphatic carbocycles. The van der Waals surface area contributed by atoms with Crippen molar-refractivity contribution in [2.24, 2.45) is 7.05 Å². The van der Waals surface area contributed by atoms with Gasteiger partial charge in [0.15, 0.2) is 0 Å². The van der Waals surface area contributed by atoms with Gasteiger partial charge in [-0.2, -0.15) is 5.10 Å². The van der Waals surface area contributed by atoms with Crippen LogP contribution >= 0.6 is 7.60 Å². The van der Waals surface area contributed by atoms with Gasteiger partial charge in [0, 0.05) is 29.9 Å². The van der Waals surface area contributed by atoms with Crippen LogP contribution in [0.25, 0.3) is 17.3 Å². The second-order valence-electron chi connectivity index (χ2n) is 7.98. The fourth-order valence-electron chi connectivity index (χ4n) is 3.30. The standard InChI is InChI=1S/C23H25FN3O4P/c1-15-20(22(27(4)26-15)16-5-9-18(24)10-6-16)13-14-21(28)25-19-11-7-17(8-12-19)23(2,3)32(29,30)31/h5-14H,1-4H3,(H,25,28)(H2,29,30,31). The predicted molar refractivity (Wildman–Crippen MR) is 123 cm³/mol. The number of amides is 1. The van der Waals surface area contributed by atoms with Gasteiger partial charge in [-0.3, -0.25) is 14.0 Å². The Bertz CT molecular complexity index is 1210. The first-order valence-electron chi connectivity index (χ1n) is 9.85. The van der Waals surface area contributed by atoms with E-state index in [0.29, 0.717) is 11.3 Å². The monoisotopic (exact) mass is 457 g/mol. The molecule has 0 bridgehead atoms. The Balaban J connectivity index is 1.78. The summed E-state index contributed by atoms with van der Waals surface area (Å²) in [5, 5.41) is 5.80. The van der Waals surface area contributed by atoms with Crippen molar-refractivity contribution in [2.75, 3.05) is 5.32 Å². The number of hydrogen-bond acceptors (Lipinski definition) is 3. The van der Waals surface area contributed by atoms with Crippen molar-refractivity contribution in [2.45, 2.75) is 25.9 Å². The van der Waals surface area contributed by atoms with Crippen LogP contribution in [0.1, 0.15) is 30.7 Å². The van der Waals surface area contributed by atoms with Gasteiger partial charge >= 0.3 is 7.60 Å². The van der Waals surface area contributed by atoms with Crippen molar-refractivity contribution in [1.29, 1.82) is 0 Å². The molecule has 3 aromatic rings. The van der Waals surface area contributed by atoms with E-state index in [1.807, 2.05) is 6.92 Å². The van der Waals surface area contributed by atoms with Crippen LogP contribution in [0.4, 0.5) is 10.1 Å². The van der Waals surface area contributed by atoms with Crippen molar-refractivity contribution in [3.63, 3.8) is 0 Å². The lowest BCUT2D eigenvalue weighted by Crippen LogP contribution is -2.17. The molecule has 0 aliphatic heterocycles. The summed E-state index contributed by atoms with van der Waals surface area (Å²) >= 11 is 0. The van der Waals surface area contributed by atoms with Crippen LogP contribution in [-0.2, 0) is 21.6 Å². The van der Waals surface area contributed by atoms with E-state index in [9.17, 15) is 23.5 Å². The van der Waals surface area contributed by atoms with Crippen molar-refractivity contribution < 1.29 is 23.5 Å². The molecular weight excluding hydrogens is 432 g/mol. The maximum Gasteiger partial charge on any atom is 0.335 e. The van der Waals surface area contributed by atoms with E-state index in [1.165, 1.54) is 32.1 Å². The third-order valence-electron chi connectivity index (χ3n) is 5.37. The van der Waals surface area contributed by atoms with Crippen LogP contribution in [0, 0.1) is 12.7 Å².